The molecule has 0 aromatic rings. The van der Waals surface area contributed by atoms with Crippen LogP contribution in [0.2, 0.25) is 0 Å². The van der Waals surface area contributed by atoms with Crippen molar-refractivity contribution >= 4 is 0 Å². The number of ether oxygens (including phenoxy) is 2. The molecule has 3 rings (SSSR count). The number of nitrogens with two attached hydrogens (primary N) is 1. The van der Waals surface area contributed by atoms with Crippen LogP contribution in [0.15, 0.2) is 0 Å². The van der Waals surface area contributed by atoms with Gasteiger partial charge in [0, 0.05) is 19.8 Å². The van der Waals surface area contributed by atoms with E-state index in [-0.39, 0.29) is 17.2 Å². The van der Waals surface area contributed by atoms with Crippen LogP contribution in [0.25, 0.3) is 0 Å². The number of rotatable bonds is 3. The summed E-state index contributed by atoms with van der Waals surface area (Å²) in [6.07, 6.45) is 13.6. The van der Waals surface area contributed by atoms with Gasteiger partial charge in [0.1, 0.15) is 0 Å². The molecule has 1 heterocycles. The van der Waals surface area contributed by atoms with Crippen LogP contribution in [-0.4, -0.2) is 31.0 Å². The molecule has 3 aliphatic rings. The SMILES string of the molecule is COC1(C(N)C2CCOC3(CCCC3)C2)CCCCC1. The lowest BCUT2D eigenvalue weighted by atomic mass is 9.70. The summed E-state index contributed by atoms with van der Waals surface area (Å²) in [4.78, 5) is 0. The van der Waals surface area contributed by atoms with E-state index < -0.39 is 0 Å². The lowest BCUT2D eigenvalue weighted by Gasteiger charge is -2.48. The van der Waals surface area contributed by atoms with Crippen molar-refractivity contribution in [3.8, 4) is 0 Å². The van der Waals surface area contributed by atoms with Gasteiger partial charge in [0.2, 0.25) is 0 Å². The van der Waals surface area contributed by atoms with E-state index in [1.54, 1.807) is 0 Å². The molecule has 0 bridgehead atoms. The van der Waals surface area contributed by atoms with Crippen LogP contribution < -0.4 is 5.73 Å². The summed E-state index contributed by atoms with van der Waals surface area (Å²) in [6.45, 7) is 0.901. The van der Waals surface area contributed by atoms with Gasteiger partial charge in [-0.05, 0) is 44.4 Å². The van der Waals surface area contributed by atoms with Crippen molar-refractivity contribution in [1.29, 1.82) is 0 Å². The molecule has 1 saturated heterocycles. The number of methoxy groups -OCH3 is 1. The first-order valence-corrected chi connectivity index (χ1v) is 8.64. The van der Waals surface area contributed by atoms with Gasteiger partial charge >= 0.3 is 0 Å². The Balaban J connectivity index is 1.70. The van der Waals surface area contributed by atoms with Crippen molar-refractivity contribution in [3.63, 3.8) is 0 Å². The Hall–Kier alpha value is -0.120. The molecule has 2 N–H and O–H groups in total. The minimum Gasteiger partial charge on any atom is -0.377 e. The summed E-state index contributed by atoms with van der Waals surface area (Å²) >= 11 is 0. The summed E-state index contributed by atoms with van der Waals surface area (Å²) in [5.74, 6) is 0.583. The maximum Gasteiger partial charge on any atom is 0.0831 e. The highest BCUT2D eigenvalue weighted by atomic mass is 16.5. The fraction of sp³-hybridized carbons (Fsp3) is 1.00. The second-order valence-corrected chi connectivity index (χ2v) is 7.35. The van der Waals surface area contributed by atoms with Gasteiger partial charge in [-0.25, -0.2) is 0 Å². The highest BCUT2D eigenvalue weighted by Gasteiger charge is 2.47. The number of hydrogen-bond acceptors (Lipinski definition) is 3. The highest BCUT2D eigenvalue weighted by molar-refractivity contribution is 5.01. The summed E-state index contributed by atoms with van der Waals surface area (Å²) in [7, 11) is 1.87. The average molecular weight is 281 g/mol. The molecule has 2 atom stereocenters. The van der Waals surface area contributed by atoms with Gasteiger partial charge < -0.3 is 15.2 Å². The Morgan fingerprint density at radius 1 is 1.05 bits per heavy atom. The van der Waals surface area contributed by atoms with Crippen molar-refractivity contribution in [3.05, 3.63) is 0 Å². The third-order valence-electron chi connectivity index (χ3n) is 6.27. The zero-order chi connectivity index (χ0) is 14.1. The minimum absolute atomic E-state index is 0.0555. The Bertz CT molecular complexity index is 319. The normalized spacial score (nSPS) is 34.2. The first-order valence-electron chi connectivity index (χ1n) is 8.64. The van der Waals surface area contributed by atoms with E-state index in [0.29, 0.717) is 5.92 Å². The van der Waals surface area contributed by atoms with Crippen molar-refractivity contribution in [2.45, 2.75) is 87.9 Å². The molecule has 3 nitrogen and oxygen atoms in total. The van der Waals surface area contributed by atoms with Gasteiger partial charge in [0.25, 0.3) is 0 Å². The molecule has 2 aliphatic carbocycles. The van der Waals surface area contributed by atoms with Crippen molar-refractivity contribution in [2.24, 2.45) is 11.7 Å². The summed E-state index contributed by atoms with van der Waals surface area (Å²) in [5.41, 5.74) is 6.85. The summed E-state index contributed by atoms with van der Waals surface area (Å²) < 4.78 is 12.1. The maximum atomic E-state index is 6.74. The van der Waals surface area contributed by atoms with Crippen molar-refractivity contribution in [2.75, 3.05) is 13.7 Å². The van der Waals surface area contributed by atoms with Crippen LogP contribution in [0.4, 0.5) is 0 Å². The van der Waals surface area contributed by atoms with E-state index in [4.69, 9.17) is 15.2 Å². The van der Waals surface area contributed by atoms with E-state index in [9.17, 15) is 0 Å². The molecular formula is C17H31NO2. The second kappa shape index (κ2) is 5.94. The maximum absolute atomic E-state index is 6.74. The van der Waals surface area contributed by atoms with Crippen LogP contribution in [0.3, 0.4) is 0 Å². The molecule has 116 valence electrons. The van der Waals surface area contributed by atoms with Gasteiger partial charge in [-0.15, -0.1) is 0 Å². The van der Waals surface area contributed by atoms with Crippen molar-refractivity contribution in [1.82, 2.24) is 0 Å². The smallest absolute Gasteiger partial charge is 0.0831 e. The zero-order valence-electron chi connectivity index (χ0n) is 13.0. The lowest BCUT2D eigenvalue weighted by molar-refractivity contribution is -0.126. The van der Waals surface area contributed by atoms with E-state index in [1.807, 2.05) is 7.11 Å². The Morgan fingerprint density at radius 2 is 1.70 bits per heavy atom. The highest BCUT2D eigenvalue weighted by Crippen LogP contribution is 2.45. The third kappa shape index (κ3) is 2.65. The minimum atomic E-state index is -0.0555. The second-order valence-electron chi connectivity index (χ2n) is 7.35. The third-order valence-corrected chi connectivity index (χ3v) is 6.27. The summed E-state index contributed by atoms with van der Waals surface area (Å²) in [6, 6.07) is 0.189. The molecule has 3 heteroatoms. The molecule has 3 fully saturated rings. The van der Waals surface area contributed by atoms with Crippen LogP contribution in [-0.2, 0) is 9.47 Å². The fourth-order valence-electron chi connectivity index (χ4n) is 4.99. The molecule has 0 amide bonds. The van der Waals surface area contributed by atoms with E-state index in [1.165, 1.54) is 51.4 Å². The first-order chi connectivity index (χ1) is 9.70. The Kier molecular flexibility index (Phi) is 4.40. The molecule has 2 unspecified atom stereocenters. The van der Waals surface area contributed by atoms with Crippen LogP contribution >= 0.6 is 0 Å². The van der Waals surface area contributed by atoms with E-state index >= 15 is 0 Å². The molecule has 20 heavy (non-hydrogen) atoms. The van der Waals surface area contributed by atoms with Gasteiger partial charge in [-0.3, -0.25) is 0 Å². The van der Waals surface area contributed by atoms with E-state index in [0.717, 1.165) is 25.9 Å². The van der Waals surface area contributed by atoms with Crippen LogP contribution in [0.1, 0.15) is 70.6 Å². The number of hydrogen-bond donors (Lipinski definition) is 1. The lowest BCUT2D eigenvalue weighted by Crippen LogP contribution is -2.57. The first kappa shape index (κ1) is 14.8. The molecular weight excluding hydrogens is 250 g/mol. The van der Waals surface area contributed by atoms with Crippen molar-refractivity contribution < 1.29 is 9.47 Å². The monoisotopic (exact) mass is 281 g/mol. The van der Waals surface area contributed by atoms with Gasteiger partial charge in [0.05, 0.1) is 11.2 Å². The molecule has 1 aliphatic heterocycles. The predicted molar refractivity (Wildman–Crippen MR) is 80.7 cm³/mol. The quantitative estimate of drug-likeness (QED) is 0.862. The topological polar surface area (TPSA) is 44.5 Å². The Labute approximate surface area is 123 Å². The van der Waals surface area contributed by atoms with Gasteiger partial charge in [-0.1, -0.05) is 32.1 Å². The molecule has 0 aromatic heterocycles. The van der Waals surface area contributed by atoms with Crippen LogP contribution in [0, 0.1) is 5.92 Å². The molecule has 1 spiro atoms. The molecule has 2 saturated carbocycles. The van der Waals surface area contributed by atoms with Gasteiger partial charge in [-0.2, -0.15) is 0 Å². The van der Waals surface area contributed by atoms with E-state index in [2.05, 4.69) is 0 Å². The summed E-state index contributed by atoms with van der Waals surface area (Å²) in [5, 5.41) is 0. The Morgan fingerprint density at radius 3 is 2.35 bits per heavy atom. The predicted octanol–water partition coefficient (Wildman–Crippen LogP) is 3.40. The molecule has 0 aromatic carbocycles. The van der Waals surface area contributed by atoms with Crippen LogP contribution in [0.5, 0.6) is 0 Å². The fourth-order valence-corrected chi connectivity index (χ4v) is 4.99. The average Bonchev–Trinajstić information content (AvgIpc) is 2.95. The molecule has 0 radical (unpaired) electrons. The zero-order valence-corrected chi connectivity index (χ0v) is 13.0. The largest absolute Gasteiger partial charge is 0.377 e. The standard InChI is InChI=1S/C17H31NO2/c1-19-17(10-3-2-4-11-17)15(18)14-7-12-20-16(13-14)8-5-6-9-16/h14-15H,2-13,18H2,1H3. The van der Waals surface area contributed by atoms with Gasteiger partial charge in [0.15, 0.2) is 0 Å².